The van der Waals surface area contributed by atoms with Gasteiger partial charge in [0.25, 0.3) is 0 Å². The van der Waals surface area contributed by atoms with E-state index >= 15 is 0 Å². The molecule has 0 bridgehead atoms. The summed E-state index contributed by atoms with van der Waals surface area (Å²) in [6, 6.07) is 61.0. The third kappa shape index (κ3) is 3.87. The molecule has 0 aromatic heterocycles. The van der Waals surface area contributed by atoms with Crippen LogP contribution in [-0.4, -0.2) is 6.04 Å². The topological polar surface area (TPSA) is 3.24 Å². The summed E-state index contributed by atoms with van der Waals surface area (Å²) in [6.07, 6.45) is 4.96. The summed E-state index contributed by atoms with van der Waals surface area (Å²) in [5.41, 5.74) is 14.4. The molecule has 11 rings (SSSR count). The fourth-order valence-corrected chi connectivity index (χ4v) is 8.95. The summed E-state index contributed by atoms with van der Waals surface area (Å²) >= 11 is 0. The van der Waals surface area contributed by atoms with Crippen LogP contribution in [0, 0.1) is 0 Å². The number of benzene rings is 8. The van der Waals surface area contributed by atoms with Crippen LogP contribution >= 0.6 is 0 Å². The fraction of sp³-hybridized carbons (Fsp3) is 0.0417. The van der Waals surface area contributed by atoms with Crippen LogP contribution in [0.15, 0.2) is 176 Å². The van der Waals surface area contributed by atoms with E-state index in [4.69, 9.17) is 0 Å². The Balaban J connectivity index is 1.01. The molecule has 0 radical (unpaired) electrons. The second kappa shape index (κ2) is 10.2. The van der Waals surface area contributed by atoms with E-state index in [0.717, 1.165) is 0 Å². The molecule has 8 aromatic rings. The van der Waals surface area contributed by atoms with Crippen molar-refractivity contribution in [2.75, 3.05) is 4.90 Å². The molecule has 3 aliphatic rings. The largest absolute Gasteiger partial charge is 0.332 e. The van der Waals surface area contributed by atoms with Crippen LogP contribution in [0.25, 0.3) is 65.7 Å². The summed E-state index contributed by atoms with van der Waals surface area (Å²) in [7, 11) is 0. The van der Waals surface area contributed by atoms with Gasteiger partial charge in [0, 0.05) is 22.9 Å². The zero-order valence-electron chi connectivity index (χ0n) is 26.8. The minimum atomic E-state index is 0.326. The molecular weight excluding hydrogens is 591 g/mol. The SMILES string of the molecule is C1=C(c2cccc(-c3cccc(-c4ccc5c6ccccc6c6ccccc6c5c4)c3)c2)C=C2c3ccccc3N3c4ccccc4C1C23. The zero-order valence-corrected chi connectivity index (χ0v) is 26.8. The summed E-state index contributed by atoms with van der Waals surface area (Å²) in [5, 5.41) is 7.83. The van der Waals surface area contributed by atoms with E-state index in [1.807, 2.05) is 0 Å². The van der Waals surface area contributed by atoms with E-state index in [1.54, 1.807) is 0 Å². The highest BCUT2D eigenvalue weighted by Crippen LogP contribution is 2.59. The Morgan fingerprint density at radius 2 is 0.918 bits per heavy atom. The molecule has 0 amide bonds. The Labute approximate surface area is 285 Å². The van der Waals surface area contributed by atoms with Crippen molar-refractivity contribution in [3.8, 4) is 22.3 Å². The molecule has 1 heteroatoms. The Bertz CT molecular complexity index is 2710. The first kappa shape index (κ1) is 26.8. The lowest BCUT2D eigenvalue weighted by Gasteiger charge is -2.26. The molecule has 0 saturated carbocycles. The van der Waals surface area contributed by atoms with E-state index in [0.29, 0.717) is 12.0 Å². The van der Waals surface area contributed by atoms with Crippen molar-refractivity contribution in [2.24, 2.45) is 0 Å². The molecule has 49 heavy (non-hydrogen) atoms. The molecule has 0 spiro atoms. The van der Waals surface area contributed by atoms with E-state index in [-0.39, 0.29) is 0 Å². The van der Waals surface area contributed by atoms with Crippen LogP contribution < -0.4 is 4.90 Å². The molecule has 8 aromatic carbocycles. The predicted molar refractivity (Wildman–Crippen MR) is 207 cm³/mol. The number of fused-ring (bicyclic) bond motifs is 12. The first-order valence-corrected chi connectivity index (χ1v) is 17.3. The third-order valence-electron chi connectivity index (χ3n) is 11.1. The molecule has 2 atom stereocenters. The highest BCUT2D eigenvalue weighted by atomic mass is 15.2. The average molecular weight is 622 g/mol. The standard InChI is InChI=1S/C48H31N/c1-2-17-38-36(15-1)37-16-3-4-18-39(37)43-27-34(23-24-40(38)43)32-13-9-11-30(25-32)31-12-10-14-33(26-31)35-28-44-41-19-5-7-21-46(41)49-47-22-8-6-20-42(47)45(29-35)48(44)49/h1-29,44,48H. The molecule has 228 valence electrons. The Morgan fingerprint density at radius 1 is 0.388 bits per heavy atom. The molecule has 2 heterocycles. The van der Waals surface area contributed by atoms with Crippen molar-refractivity contribution in [1.82, 2.24) is 0 Å². The van der Waals surface area contributed by atoms with Crippen molar-refractivity contribution in [1.29, 1.82) is 0 Å². The molecule has 1 nitrogen and oxygen atoms in total. The van der Waals surface area contributed by atoms with Crippen LogP contribution in [0.2, 0.25) is 0 Å². The smallest absolute Gasteiger partial charge is 0.0702 e. The summed E-state index contributed by atoms with van der Waals surface area (Å²) in [6.45, 7) is 0. The molecule has 2 aliphatic heterocycles. The van der Waals surface area contributed by atoms with Crippen LogP contribution in [-0.2, 0) is 0 Å². The van der Waals surface area contributed by atoms with Crippen molar-refractivity contribution < 1.29 is 0 Å². The number of hydrogen-bond donors (Lipinski definition) is 0. The van der Waals surface area contributed by atoms with Gasteiger partial charge in [-0.25, -0.2) is 0 Å². The van der Waals surface area contributed by atoms with Crippen LogP contribution in [0.4, 0.5) is 11.4 Å². The molecule has 2 unspecified atom stereocenters. The Kier molecular flexibility index (Phi) is 5.57. The molecule has 0 saturated heterocycles. The quantitative estimate of drug-likeness (QED) is 0.177. The highest BCUT2D eigenvalue weighted by molar-refractivity contribution is 6.25. The van der Waals surface area contributed by atoms with Gasteiger partial charge in [-0.3, -0.25) is 0 Å². The fourth-order valence-electron chi connectivity index (χ4n) is 8.95. The van der Waals surface area contributed by atoms with E-state index in [1.165, 1.54) is 93.8 Å². The lowest BCUT2D eigenvalue weighted by molar-refractivity contribution is 0.784. The second-order valence-electron chi connectivity index (χ2n) is 13.7. The van der Waals surface area contributed by atoms with Crippen molar-refractivity contribution in [3.05, 3.63) is 193 Å². The monoisotopic (exact) mass is 621 g/mol. The van der Waals surface area contributed by atoms with Gasteiger partial charge < -0.3 is 4.90 Å². The van der Waals surface area contributed by atoms with Gasteiger partial charge in [0.15, 0.2) is 0 Å². The van der Waals surface area contributed by atoms with Gasteiger partial charge in [-0.2, -0.15) is 0 Å². The summed E-state index contributed by atoms with van der Waals surface area (Å²) in [4.78, 5) is 2.56. The van der Waals surface area contributed by atoms with Gasteiger partial charge in [-0.05, 0) is 113 Å². The van der Waals surface area contributed by atoms with E-state index in [2.05, 4.69) is 181 Å². The number of para-hydroxylation sites is 2. The zero-order chi connectivity index (χ0) is 32.1. The molecule has 0 N–H and O–H groups in total. The van der Waals surface area contributed by atoms with Crippen LogP contribution in [0.1, 0.15) is 22.6 Å². The normalized spacial score (nSPS) is 17.2. The minimum absolute atomic E-state index is 0.326. The molecule has 0 fully saturated rings. The number of hydrogen-bond acceptors (Lipinski definition) is 1. The van der Waals surface area contributed by atoms with Crippen LogP contribution in [0.5, 0.6) is 0 Å². The van der Waals surface area contributed by atoms with Gasteiger partial charge in [0.2, 0.25) is 0 Å². The average Bonchev–Trinajstić information content (AvgIpc) is 3.70. The van der Waals surface area contributed by atoms with Crippen molar-refractivity contribution in [2.45, 2.75) is 12.0 Å². The predicted octanol–water partition coefficient (Wildman–Crippen LogP) is 12.6. The lowest BCUT2D eigenvalue weighted by atomic mass is 9.80. The van der Waals surface area contributed by atoms with E-state index in [9.17, 15) is 0 Å². The van der Waals surface area contributed by atoms with Gasteiger partial charge in [0.1, 0.15) is 0 Å². The first-order chi connectivity index (χ1) is 24.3. The Morgan fingerprint density at radius 3 is 1.63 bits per heavy atom. The highest BCUT2D eigenvalue weighted by Gasteiger charge is 2.47. The number of rotatable bonds is 3. The molecule has 1 aliphatic carbocycles. The van der Waals surface area contributed by atoms with Crippen molar-refractivity contribution >= 4 is 54.8 Å². The van der Waals surface area contributed by atoms with Gasteiger partial charge in [-0.15, -0.1) is 0 Å². The van der Waals surface area contributed by atoms with Gasteiger partial charge in [-0.1, -0.05) is 140 Å². The lowest BCUT2D eigenvalue weighted by Crippen LogP contribution is -2.26. The number of anilines is 2. The summed E-state index contributed by atoms with van der Waals surface area (Å²) < 4.78 is 0. The third-order valence-corrected chi connectivity index (χ3v) is 11.1. The van der Waals surface area contributed by atoms with Crippen LogP contribution in [0.3, 0.4) is 0 Å². The summed E-state index contributed by atoms with van der Waals surface area (Å²) in [5.74, 6) is 0.326. The maximum Gasteiger partial charge on any atom is 0.0702 e. The second-order valence-corrected chi connectivity index (χ2v) is 13.7. The first-order valence-electron chi connectivity index (χ1n) is 17.3. The number of nitrogens with zero attached hydrogens (tertiary/aromatic N) is 1. The number of allylic oxidation sites excluding steroid dienone is 2. The van der Waals surface area contributed by atoms with Crippen molar-refractivity contribution in [3.63, 3.8) is 0 Å². The van der Waals surface area contributed by atoms with Gasteiger partial charge in [0.05, 0.1) is 6.04 Å². The Hall–Kier alpha value is -6.18. The maximum atomic E-state index is 2.56. The molecular formula is C48H31N. The maximum absolute atomic E-state index is 2.56. The minimum Gasteiger partial charge on any atom is -0.332 e. The van der Waals surface area contributed by atoms with E-state index < -0.39 is 0 Å². The van der Waals surface area contributed by atoms with Gasteiger partial charge >= 0.3 is 0 Å².